The maximum absolute atomic E-state index is 13.7. The lowest BCUT2D eigenvalue weighted by Gasteiger charge is -2.30. The Bertz CT molecular complexity index is 848. The molecule has 3 heterocycles. The molecule has 2 aromatic rings. The third kappa shape index (κ3) is 3.13. The molecule has 25 heavy (non-hydrogen) atoms. The van der Waals surface area contributed by atoms with Gasteiger partial charge in [-0.05, 0) is 48.9 Å². The first-order valence-corrected chi connectivity index (χ1v) is 8.98. The number of benzene rings is 1. The molecule has 132 valence electrons. The molecule has 5 nitrogen and oxygen atoms in total. The van der Waals surface area contributed by atoms with E-state index in [1.807, 2.05) is 23.6 Å². The topological polar surface area (TPSA) is 54.1 Å². The lowest BCUT2D eigenvalue weighted by atomic mass is 10.0. The minimum absolute atomic E-state index is 0.232. The standard InChI is InChI=1S/C19H23FN4O/c1-2-13-7-14(9-15(20)8-13)12-25-17-10-18-23-6-4-3-5-16(23)11-24(18)19(21)22-17/h7-10,16,21H,2-6,11-12H2,1H3. The molecule has 6 heteroatoms. The number of hydrogen-bond donors (Lipinski definition) is 1. The SMILES string of the molecule is CCc1cc(F)cc(COc2cc3n(c(=N)n2)CC2CCCCN32)c1. The lowest BCUT2D eigenvalue weighted by Crippen LogP contribution is -2.36. The van der Waals surface area contributed by atoms with E-state index in [4.69, 9.17) is 10.1 Å². The Balaban J connectivity index is 1.56. The number of aryl methyl sites for hydroxylation is 1. The van der Waals surface area contributed by atoms with Gasteiger partial charge in [-0.3, -0.25) is 9.98 Å². The lowest BCUT2D eigenvalue weighted by molar-refractivity contribution is 0.290. The molecule has 0 saturated carbocycles. The molecule has 1 aromatic carbocycles. The Hall–Kier alpha value is -2.37. The van der Waals surface area contributed by atoms with Crippen LogP contribution in [0, 0.1) is 11.2 Å². The summed E-state index contributed by atoms with van der Waals surface area (Å²) in [5.74, 6) is 1.21. The highest BCUT2D eigenvalue weighted by Gasteiger charge is 2.32. The predicted octanol–water partition coefficient (Wildman–Crippen LogP) is 3.02. The number of ether oxygens (including phenoxy) is 1. The van der Waals surface area contributed by atoms with Gasteiger partial charge in [-0.25, -0.2) is 4.39 Å². The van der Waals surface area contributed by atoms with Gasteiger partial charge in [0.25, 0.3) is 0 Å². The smallest absolute Gasteiger partial charge is 0.226 e. The molecule has 0 bridgehead atoms. The molecule has 1 N–H and O–H groups in total. The van der Waals surface area contributed by atoms with E-state index in [0.717, 1.165) is 36.5 Å². The van der Waals surface area contributed by atoms with E-state index in [2.05, 4.69) is 9.88 Å². The van der Waals surface area contributed by atoms with Crippen molar-refractivity contribution >= 4 is 5.82 Å². The summed E-state index contributed by atoms with van der Waals surface area (Å²) in [6.45, 7) is 4.12. The molecule has 0 amide bonds. The quantitative estimate of drug-likeness (QED) is 0.929. The van der Waals surface area contributed by atoms with Crippen molar-refractivity contribution in [3.8, 4) is 5.88 Å². The number of halogens is 1. The zero-order valence-electron chi connectivity index (χ0n) is 14.5. The molecular formula is C19H23FN4O. The third-order valence-corrected chi connectivity index (χ3v) is 5.13. The monoisotopic (exact) mass is 342 g/mol. The molecule has 0 radical (unpaired) electrons. The van der Waals surface area contributed by atoms with Gasteiger partial charge in [-0.1, -0.05) is 13.0 Å². The molecule has 1 atom stereocenters. The fraction of sp³-hybridized carbons (Fsp3) is 0.474. The van der Waals surface area contributed by atoms with Crippen LogP contribution in [0.2, 0.25) is 0 Å². The molecule has 1 fully saturated rings. The largest absolute Gasteiger partial charge is 0.473 e. The summed E-state index contributed by atoms with van der Waals surface area (Å²) in [7, 11) is 0. The maximum atomic E-state index is 13.7. The second-order valence-corrected chi connectivity index (χ2v) is 6.84. The Morgan fingerprint density at radius 3 is 2.92 bits per heavy atom. The number of nitrogens with zero attached hydrogens (tertiary/aromatic N) is 3. The van der Waals surface area contributed by atoms with Crippen molar-refractivity contribution in [3.63, 3.8) is 0 Å². The maximum Gasteiger partial charge on any atom is 0.226 e. The van der Waals surface area contributed by atoms with Crippen molar-refractivity contribution < 1.29 is 9.13 Å². The normalized spacial score (nSPS) is 18.8. The van der Waals surface area contributed by atoms with E-state index < -0.39 is 0 Å². The van der Waals surface area contributed by atoms with Crippen molar-refractivity contribution in [1.29, 1.82) is 5.41 Å². The van der Waals surface area contributed by atoms with Crippen molar-refractivity contribution in [3.05, 3.63) is 46.8 Å². The van der Waals surface area contributed by atoms with Gasteiger partial charge in [-0.2, -0.15) is 4.98 Å². The summed E-state index contributed by atoms with van der Waals surface area (Å²) >= 11 is 0. The minimum Gasteiger partial charge on any atom is -0.473 e. The summed E-state index contributed by atoms with van der Waals surface area (Å²) < 4.78 is 21.4. The molecule has 2 aliphatic rings. The Labute approximate surface area is 146 Å². The van der Waals surface area contributed by atoms with E-state index in [0.29, 0.717) is 11.9 Å². The third-order valence-electron chi connectivity index (χ3n) is 5.13. The van der Waals surface area contributed by atoms with Crippen LogP contribution in [0.25, 0.3) is 0 Å². The van der Waals surface area contributed by atoms with Crippen molar-refractivity contribution in [2.75, 3.05) is 11.4 Å². The number of nitrogens with one attached hydrogen (secondary N) is 1. The van der Waals surface area contributed by atoms with Crippen molar-refractivity contribution in [1.82, 2.24) is 9.55 Å². The van der Waals surface area contributed by atoms with Gasteiger partial charge in [0.15, 0.2) is 0 Å². The average molecular weight is 342 g/mol. The van der Waals surface area contributed by atoms with Crippen molar-refractivity contribution in [2.45, 2.75) is 51.8 Å². The molecule has 0 spiro atoms. The zero-order chi connectivity index (χ0) is 17.4. The first-order chi connectivity index (χ1) is 12.1. The van der Waals surface area contributed by atoms with Crippen LogP contribution in [0.15, 0.2) is 24.3 Å². The fourth-order valence-electron chi connectivity index (χ4n) is 3.85. The van der Waals surface area contributed by atoms with Crippen LogP contribution >= 0.6 is 0 Å². The minimum atomic E-state index is -0.243. The van der Waals surface area contributed by atoms with E-state index in [1.165, 1.54) is 25.3 Å². The first kappa shape index (κ1) is 16.1. The highest BCUT2D eigenvalue weighted by Crippen LogP contribution is 2.32. The Kier molecular flexibility index (Phi) is 4.19. The molecule has 4 rings (SSSR count). The molecular weight excluding hydrogens is 319 g/mol. The second kappa shape index (κ2) is 6.50. The molecule has 1 unspecified atom stereocenters. The van der Waals surface area contributed by atoms with Crippen LogP contribution in [0.3, 0.4) is 0 Å². The van der Waals surface area contributed by atoms with Gasteiger partial charge >= 0.3 is 0 Å². The van der Waals surface area contributed by atoms with Gasteiger partial charge in [0, 0.05) is 25.2 Å². The van der Waals surface area contributed by atoms with E-state index in [1.54, 1.807) is 6.07 Å². The first-order valence-electron chi connectivity index (χ1n) is 8.98. The van der Waals surface area contributed by atoms with Crippen molar-refractivity contribution in [2.24, 2.45) is 0 Å². The number of fused-ring (bicyclic) bond motifs is 3. The van der Waals surface area contributed by atoms with Gasteiger partial charge in [0.05, 0.1) is 0 Å². The molecule has 0 aliphatic carbocycles. The van der Waals surface area contributed by atoms with Gasteiger partial charge in [-0.15, -0.1) is 0 Å². The fourth-order valence-corrected chi connectivity index (χ4v) is 3.85. The summed E-state index contributed by atoms with van der Waals surface area (Å²) in [5, 5.41) is 8.21. The summed E-state index contributed by atoms with van der Waals surface area (Å²) in [6.07, 6.45) is 4.39. The second-order valence-electron chi connectivity index (χ2n) is 6.84. The summed E-state index contributed by atoms with van der Waals surface area (Å²) in [4.78, 5) is 6.64. The van der Waals surface area contributed by atoms with E-state index in [9.17, 15) is 4.39 Å². The van der Waals surface area contributed by atoms with Crippen LogP contribution in [-0.2, 0) is 19.6 Å². The predicted molar refractivity (Wildman–Crippen MR) is 93.2 cm³/mol. The highest BCUT2D eigenvalue weighted by molar-refractivity contribution is 5.47. The van der Waals surface area contributed by atoms with Gasteiger partial charge in [0.2, 0.25) is 11.5 Å². The number of hydrogen-bond acceptors (Lipinski definition) is 4. The Morgan fingerprint density at radius 1 is 1.24 bits per heavy atom. The zero-order valence-corrected chi connectivity index (χ0v) is 14.5. The Morgan fingerprint density at radius 2 is 2.08 bits per heavy atom. The number of piperidine rings is 1. The number of rotatable bonds is 4. The van der Waals surface area contributed by atoms with Gasteiger partial charge < -0.3 is 9.64 Å². The molecule has 1 saturated heterocycles. The molecule has 2 aliphatic heterocycles. The van der Waals surface area contributed by atoms with Crippen LogP contribution < -0.4 is 15.3 Å². The van der Waals surface area contributed by atoms with E-state index in [-0.39, 0.29) is 18.0 Å². The van der Waals surface area contributed by atoms with Crippen LogP contribution in [0.1, 0.15) is 37.3 Å². The average Bonchev–Trinajstić information content (AvgIpc) is 2.99. The van der Waals surface area contributed by atoms with Crippen LogP contribution in [-0.4, -0.2) is 22.1 Å². The van der Waals surface area contributed by atoms with E-state index >= 15 is 0 Å². The number of aromatic nitrogens is 2. The molecule has 1 aromatic heterocycles. The van der Waals surface area contributed by atoms with Crippen LogP contribution in [0.4, 0.5) is 10.2 Å². The number of anilines is 1. The highest BCUT2D eigenvalue weighted by atomic mass is 19.1. The van der Waals surface area contributed by atoms with Gasteiger partial charge in [0.1, 0.15) is 18.2 Å². The summed E-state index contributed by atoms with van der Waals surface area (Å²) in [5.41, 5.74) is 1.97. The summed E-state index contributed by atoms with van der Waals surface area (Å²) in [6, 6.07) is 7.39. The van der Waals surface area contributed by atoms with Crippen LogP contribution in [0.5, 0.6) is 5.88 Å².